The maximum Gasteiger partial charge on any atom is 0.329 e. The lowest BCUT2D eigenvalue weighted by atomic mass is 9.78. The molecule has 3 atom stereocenters. The summed E-state index contributed by atoms with van der Waals surface area (Å²) in [7, 11) is 0. The minimum Gasteiger partial charge on any atom is -0.464 e. The molecular formula is C22H23NO4. The summed E-state index contributed by atoms with van der Waals surface area (Å²) in [6, 6.07) is 17.7. The van der Waals surface area contributed by atoms with E-state index in [1.54, 1.807) is 6.92 Å². The predicted molar refractivity (Wildman–Crippen MR) is 101 cm³/mol. The molecule has 0 radical (unpaired) electrons. The second-order valence-corrected chi connectivity index (χ2v) is 6.65. The van der Waals surface area contributed by atoms with Gasteiger partial charge in [0, 0.05) is 6.42 Å². The summed E-state index contributed by atoms with van der Waals surface area (Å²) in [4.78, 5) is 39.1. The summed E-state index contributed by atoms with van der Waals surface area (Å²) in [6.07, 6.45) is 0.347. The summed E-state index contributed by atoms with van der Waals surface area (Å²) >= 11 is 0. The summed E-state index contributed by atoms with van der Waals surface area (Å²) < 4.78 is 5.24. The van der Waals surface area contributed by atoms with Gasteiger partial charge in [-0.1, -0.05) is 60.7 Å². The van der Waals surface area contributed by atoms with Gasteiger partial charge >= 0.3 is 5.97 Å². The van der Waals surface area contributed by atoms with Gasteiger partial charge in [-0.3, -0.25) is 9.59 Å². The number of likely N-dealkylation sites (tertiary alicyclic amines) is 1. The Balaban J connectivity index is 1.97. The van der Waals surface area contributed by atoms with Crippen LogP contribution in [0.2, 0.25) is 0 Å². The maximum absolute atomic E-state index is 12.8. The van der Waals surface area contributed by atoms with E-state index >= 15 is 0 Å². The molecule has 1 fully saturated rings. The quantitative estimate of drug-likeness (QED) is 0.430. The zero-order chi connectivity index (χ0) is 19.4. The van der Waals surface area contributed by atoms with Crippen molar-refractivity contribution in [3.8, 4) is 0 Å². The SMILES string of the molecule is CCOC(=O)[C@H](Cc1ccccc1)N1C(=O)[C@H](C(C)=O)C1c1ccccc1. The zero-order valence-electron chi connectivity index (χ0n) is 15.5. The Morgan fingerprint density at radius 2 is 1.63 bits per heavy atom. The number of nitrogens with zero attached hydrogens (tertiary/aromatic N) is 1. The van der Waals surface area contributed by atoms with Gasteiger partial charge in [0.25, 0.3) is 0 Å². The Hall–Kier alpha value is -2.95. The van der Waals surface area contributed by atoms with Crippen LogP contribution in [0.15, 0.2) is 60.7 Å². The average Bonchev–Trinajstić information content (AvgIpc) is 2.66. The van der Waals surface area contributed by atoms with E-state index in [1.807, 2.05) is 60.7 Å². The van der Waals surface area contributed by atoms with E-state index in [9.17, 15) is 14.4 Å². The summed E-state index contributed by atoms with van der Waals surface area (Å²) in [5, 5.41) is 0. The van der Waals surface area contributed by atoms with Gasteiger partial charge in [0.05, 0.1) is 12.6 Å². The van der Waals surface area contributed by atoms with Gasteiger partial charge in [0.2, 0.25) is 5.91 Å². The van der Waals surface area contributed by atoms with Crippen LogP contribution in [0, 0.1) is 5.92 Å². The molecule has 1 unspecified atom stereocenters. The van der Waals surface area contributed by atoms with Crippen molar-refractivity contribution in [2.45, 2.75) is 32.4 Å². The van der Waals surface area contributed by atoms with Crippen molar-refractivity contribution in [1.82, 2.24) is 4.90 Å². The van der Waals surface area contributed by atoms with Crippen molar-refractivity contribution in [3.05, 3.63) is 71.8 Å². The third-order valence-electron chi connectivity index (χ3n) is 4.88. The van der Waals surface area contributed by atoms with E-state index < -0.39 is 24.0 Å². The number of β-lactam (4-membered cyclic amide) rings is 1. The van der Waals surface area contributed by atoms with Crippen LogP contribution in [0.3, 0.4) is 0 Å². The Morgan fingerprint density at radius 1 is 1.04 bits per heavy atom. The Labute approximate surface area is 158 Å². The number of ketones is 1. The molecule has 2 aromatic carbocycles. The first kappa shape index (κ1) is 18.8. The normalized spacial score (nSPS) is 19.9. The van der Waals surface area contributed by atoms with Crippen LogP contribution in [0.5, 0.6) is 0 Å². The number of benzene rings is 2. The van der Waals surface area contributed by atoms with Gasteiger partial charge in [0.1, 0.15) is 17.7 Å². The Bertz CT molecular complexity index is 819. The number of amides is 1. The van der Waals surface area contributed by atoms with E-state index in [0.717, 1.165) is 11.1 Å². The largest absolute Gasteiger partial charge is 0.464 e. The van der Waals surface area contributed by atoms with Crippen molar-refractivity contribution < 1.29 is 19.1 Å². The van der Waals surface area contributed by atoms with Crippen molar-refractivity contribution in [3.63, 3.8) is 0 Å². The number of Topliss-reactive ketones (excluding diaryl/α,β-unsaturated/α-hetero) is 1. The molecule has 27 heavy (non-hydrogen) atoms. The Morgan fingerprint density at radius 3 is 2.19 bits per heavy atom. The summed E-state index contributed by atoms with van der Waals surface area (Å²) in [5.41, 5.74) is 1.78. The van der Waals surface area contributed by atoms with Crippen LogP contribution in [-0.2, 0) is 25.5 Å². The number of carbonyl (C=O) groups is 3. The van der Waals surface area contributed by atoms with Crippen molar-refractivity contribution in [2.24, 2.45) is 5.92 Å². The third-order valence-corrected chi connectivity index (χ3v) is 4.88. The lowest BCUT2D eigenvalue weighted by molar-refractivity contribution is -0.175. The van der Waals surface area contributed by atoms with E-state index in [1.165, 1.54) is 11.8 Å². The molecule has 0 bridgehead atoms. The third kappa shape index (κ3) is 3.77. The molecule has 3 rings (SSSR count). The first-order chi connectivity index (χ1) is 13.0. The lowest BCUT2D eigenvalue weighted by Gasteiger charge is -2.49. The average molecular weight is 365 g/mol. The van der Waals surface area contributed by atoms with E-state index in [2.05, 4.69) is 0 Å². The Kier molecular flexibility index (Phi) is 5.69. The second kappa shape index (κ2) is 8.16. The fourth-order valence-corrected chi connectivity index (χ4v) is 3.63. The number of esters is 1. The summed E-state index contributed by atoms with van der Waals surface area (Å²) in [6.45, 7) is 3.40. The molecule has 5 heteroatoms. The van der Waals surface area contributed by atoms with Gasteiger partial charge in [-0.15, -0.1) is 0 Å². The molecule has 1 aliphatic heterocycles. The molecule has 0 aromatic heterocycles. The standard InChI is InChI=1S/C22H23NO4/c1-3-27-22(26)18(14-16-10-6-4-7-11-16)23-20(17-12-8-5-9-13-17)19(15(2)24)21(23)25/h4-13,18-20H,3,14H2,1-2H3/t18-,19+,20?/m0/s1. The van der Waals surface area contributed by atoms with E-state index in [0.29, 0.717) is 6.42 Å². The van der Waals surface area contributed by atoms with Gasteiger partial charge in [0.15, 0.2) is 0 Å². The zero-order valence-corrected chi connectivity index (χ0v) is 15.5. The van der Waals surface area contributed by atoms with Crippen LogP contribution in [0.4, 0.5) is 0 Å². The van der Waals surface area contributed by atoms with Gasteiger partial charge in [-0.05, 0) is 25.0 Å². The molecule has 5 nitrogen and oxygen atoms in total. The number of ether oxygens (including phenoxy) is 1. The predicted octanol–water partition coefficient (Wildman–Crippen LogP) is 2.95. The maximum atomic E-state index is 12.8. The van der Waals surface area contributed by atoms with E-state index in [4.69, 9.17) is 4.74 Å². The molecule has 1 saturated heterocycles. The molecular weight excluding hydrogens is 342 g/mol. The fourth-order valence-electron chi connectivity index (χ4n) is 3.63. The number of carbonyl (C=O) groups excluding carboxylic acids is 3. The molecule has 2 aromatic rings. The van der Waals surface area contributed by atoms with Crippen LogP contribution >= 0.6 is 0 Å². The first-order valence-corrected chi connectivity index (χ1v) is 9.12. The number of hydrogen-bond donors (Lipinski definition) is 0. The van der Waals surface area contributed by atoms with Crippen molar-refractivity contribution >= 4 is 17.7 Å². The summed E-state index contributed by atoms with van der Waals surface area (Å²) in [5.74, 6) is -1.70. The topological polar surface area (TPSA) is 63.7 Å². The molecule has 0 aliphatic carbocycles. The molecule has 1 amide bonds. The molecule has 0 N–H and O–H groups in total. The van der Waals surface area contributed by atoms with Crippen LogP contribution in [0.25, 0.3) is 0 Å². The monoisotopic (exact) mass is 365 g/mol. The second-order valence-electron chi connectivity index (χ2n) is 6.65. The first-order valence-electron chi connectivity index (χ1n) is 9.12. The lowest BCUT2D eigenvalue weighted by Crippen LogP contribution is -2.63. The molecule has 0 saturated carbocycles. The van der Waals surface area contributed by atoms with Crippen molar-refractivity contribution in [1.29, 1.82) is 0 Å². The number of rotatable bonds is 7. The van der Waals surface area contributed by atoms with Crippen LogP contribution in [0.1, 0.15) is 31.0 Å². The van der Waals surface area contributed by atoms with Gasteiger partial charge in [-0.2, -0.15) is 0 Å². The van der Waals surface area contributed by atoms with Gasteiger partial charge < -0.3 is 9.64 Å². The highest BCUT2D eigenvalue weighted by molar-refractivity contribution is 6.07. The number of hydrogen-bond acceptors (Lipinski definition) is 4. The van der Waals surface area contributed by atoms with Gasteiger partial charge in [-0.25, -0.2) is 4.79 Å². The van der Waals surface area contributed by atoms with Crippen LogP contribution < -0.4 is 0 Å². The van der Waals surface area contributed by atoms with Crippen molar-refractivity contribution in [2.75, 3.05) is 6.61 Å². The molecule has 140 valence electrons. The smallest absolute Gasteiger partial charge is 0.329 e. The minimum absolute atomic E-state index is 0.188. The van der Waals surface area contributed by atoms with Crippen LogP contribution in [-0.4, -0.2) is 35.2 Å². The molecule has 1 aliphatic rings. The highest BCUT2D eigenvalue weighted by atomic mass is 16.5. The minimum atomic E-state index is -0.763. The van der Waals surface area contributed by atoms with E-state index in [-0.39, 0.29) is 18.3 Å². The highest BCUT2D eigenvalue weighted by Gasteiger charge is 2.54. The molecule has 0 spiro atoms. The highest BCUT2D eigenvalue weighted by Crippen LogP contribution is 2.43. The fraction of sp³-hybridized carbons (Fsp3) is 0.318. The molecule has 1 heterocycles.